The Labute approximate surface area is 111 Å². The van der Waals surface area contributed by atoms with Crippen LogP contribution in [0.15, 0.2) is 35.1 Å². The monoisotopic (exact) mass is 268 g/mol. The SMILES string of the molecule is C=CCSC(SCC=C)=C1C(=O)CCCC1=O. The van der Waals surface area contributed by atoms with E-state index in [2.05, 4.69) is 13.2 Å². The van der Waals surface area contributed by atoms with Crippen molar-refractivity contribution < 1.29 is 9.59 Å². The first-order chi connectivity index (χ1) is 8.20. The summed E-state index contributed by atoms with van der Waals surface area (Å²) in [7, 11) is 0. The predicted molar refractivity (Wildman–Crippen MR) is 76.2 cm³/mol. The van der Waals surface area contributed by atoms with Gasteiger partial charge in [-0.3, -0.25) is 9.59 Å². The van der Waals surface area contributed by atoms with E-state index in [1.54, 1.807) is 12.2 Å². The van der Waals surface area contributed by atoms with Crippen LogP contribution >= 0.6 is 23.5 Å². The molecule has 92 valence electrons. The van der Waals surface area contributed by atoms with Crippen molar-refractivity contribution in [3.05, 3.63) is 35.1 Å². The Morgan fingerprint density at radius 2 is 1.53 bits per heavy atom. The number of Topliss-reactive ketones (excluding diaryl/α,β-unsaturated/α-hetero) is 2. The minimum atomic E-state index is -0.00984. The molecule has 2 nitrogen and oxygen atoms in total. The van der Waals surface area contributed by atoms with Crippen LogP contribution in [0.4, 0.5) is 0 Å². The lowest BCUT2D eigenvalue weighted by Gasteiger charge is -2.15. The Hall–Kier alpha value is -0.740. The maximum absolute atomic E-state index is 11.8. The van der Waals surface area contributed by atoms with Crippen LogP contribution in [0.2, 0.25) is 0 Å². The molecule has 1 aliphatic carbocycles. The first-order valence-electron chi connectivity index (χ1n) is 5.48. The van der Waals surface area contributed by atoms with Gasteiger partial charge in [0, 0.05) is 24.3 Å². The zero-order valence-electron chi connectivity index (χ0n) is 9.74. The van der Waals surface area contributed by atoms with Crippen LogP contribution in [-0.4, -0.2) is 23.1 Å². The number of thioether (sulfide) groups is 2. The highest BCUT2D eigenvalue weighted by atomic mass is 32.2. The summed E-state index contributed by atoms with van der Waals surface area (Å²) in [5.41, 5.74) is 0.412. The van der Waals surface area contributed by atoms with Crippen molar-refractivity contribution in [2.24, 2.45) is 0 Å². The molecule has 0 unspecified atom stereocenters. The first-order valence-corrected chi connectivity index (χ1v) is 7.46. The fourth-order valence-corrected chi connectivity index (χ4v) is 3.52. The van der Waals surface area contributed by atoms with Gasteiger partial charge in [-0.1, -0.05) is 12.2 Å². The van der Waals surface area contributed by atoms with Gasteiger partial charge in [-0.2, -0.15) is 0 Å². The molecule has 0 aromatic carbocycles. The molecule has 0 aliphatic heterocycles. The van der Waals surface area contributed by atoms with Gasteiger partial charge in [0.1, 0.15) is 0 Å². The molecule has 0 radical (unpaired) electrons. The average Bonchev–Trinajstić information content (AvgIpc) is 2.31. The molecule has 1 rings (SSSR count). The van der Waals surface area contributed by atoms with Gasteiger partial charge in [0.2, 0.25) is 0 Å². The molecule has 0 aromatic rings. The zero-order chi connectivity index (χ0) is 12.7. The van der Waals surface area contributed by atoms with Crippen LogP contribution < -0.4 is 0 Å². The quantitative estimate of drug-likeness (QED) is 0.420. The molecular formula is C13H16O2S2. The van der Waals surface area contributed by atoms with Crippen molar-refractivity contribution >= 4 is 35.1 Å². The fraction of sp³-hybridized carbons (Fsp3) is 0.385. The number of carbonyl (C=O) groups is 2. The standard InChI is InChI=1S/C13H16O2S2/c1-3-8-16-13(17-9-4-2)12-10(14)6-5-7-11(12)15/h3-4H,1-2,5-9H2. The molecule has 1 aliphatic rings. The highest BCUT2D eigenvalue weighted by molar-refractivity contribution is 8.22. The van der Waals surface area contributed by atoms with Crippen molar-refractivity contribution in [2.45, 2.75) is 19.3 Å². The van der Waals surface area contributed by atoms with E-state index in [1.807, 2.05) is 0 Å². The van der Waals surface area contributed by atoms with E-state index in [4.69, 9.17) is 0 Å². The van der Waals surface area contributed by atoms with Crippen molar-refractivity contribution in [3.8, 4) is 0 Å². The number of rotatable bonds is 6. The van der Waals surface area contributed by atoms with E-state index in [1.165, 1.54) is 23.5 Å². The third-order valence-corrected chi connectivity index (χ3v) is 4.68. The molecule has 0 spiro atoms. The number of hydrogen-bond acceptors (Lipinski definition) is 4. The van der Waals surface area contributed by atoms with Crippen LogP contribution in [0.3, 0.4) is 0 Å². The molecule has 0 heterocycles. The van der Waals surface area contributed by atoms with Gasteiger partial charge >= 0.3 is 0 Å². The molecule has 0 atom stereocenters. The molecule has 0 N–H and O–H groups in total. The average molecular weight is 268 g/mol. The predicted octanol–water partition coefficient (Wildman–Crippen LogP) is 3.36. The van der Waals surface area contributed by atoms with Crippen LogP contribution in [0.5, 0.6) is 0 Å². The van der Waals surface area contributed by atoms with Gasteiger partial charge in [-0.15, -0.1) is 36.7 Å². The highest BCUT2D eigenvalue weighted by Gasteiger charge is 2.26. The van der Waals surface area contributed by atoms with Gasteiger partial charge in [0.15, 0.2) is 11.6 Å². The lowest BCUT2D eigenvalue weighted by Crippen LogP contribution is -2.19. The normalized spacial score (nSPS) is 15.9. The molecule has 17 heavy (non-hydrogen) atoms. The summed E-state index contributed by atoms with van der Waals surface area (Å²) < 4.78 is 0.833. The summed E-state index contributed by atoms with van der Waals surface area (Å²) >= 11 is 3.02. The Bertz CT molecular complexity index is 338. The van der Waals surface area contributed by atoms with Gasteiger partial charge in [-0.05, 0) is 6.42 Å². The largest absolute Gasteiger partial charge is 0.294 e. The zero-order valence-corrected chi connectivity index (χ0v) is 11.4. The first kappa shape index (κ1) is 14.3. The van der Waals surface area contributed by atoms with Crippen molar-refractivity contribution in [3.63, 3.8) is 0 Å². The maximum Gasteiger partial charge on any atom is 0.168 e. The second kappa shape index (κ2) is 7.56. The number of ketones is 2. The van der Waals surface area contributed by atoms with Gasteiger partial charge < -0.3 is 0 Å². The summed E-state index contributed by atoms with van der Waals surface area (Å²) in [6.07, 6.45) is 5.23. The minimum absolute atomic E-state index is 0.00984. The van der Waals surface area contributed by atoms with Crippen molar-refractivity contribution in [2.75, 3.05) is 11.5 Å². The van der Waals surface area contributed by atoms with Crippen LogP contribution in [-0.2, 0) is 9.59 Å². The fourth-order valence-electron chi connectivity index (χ4n) is 1.50. The van der Waals surface area contributed by atoms with Gasteiger partial charge in [0.25, 0.3) is 0 Å². The van der Waals surface area contributed by atoms with E-state index in [9.17, 15) is 9.59 Å². The van der Waals surface area contributed by atoms with Crippen molar-refractivity contribution in [1.29, 1.82) is 0 Å². The number of hydrogen-bond donors (Lipinski definition) is 0. The molecule has 0 bridgehead atoms. The Kier molecular flexibility index (Phi) is 6.37. The van der Waals surface area contributed by atoms with Gasteiger partial charge in [-0.25, -0.2) is 0 Å². The van der Waals surface area contributed by atoms with E-state index in [-0.39, 0.29) is 11.6 Å². The summed E-state index contributed by atoms with van der Waals surface area (Å²) in [5.74, 6) is 1.40. The Balaban J connectivity index is 2.94. The minimum Gasteiger partial charge on any atom is -0.294 e. The maximum atomic E-state index is 11.8. The molecule has 1 saturated carbocycles. The number of carbonyl (C=O) groups excluding carboxylic acids is 2. The van der Waals surface area contributed by atoms with Crippen LogP contribution in [0, 0.1) is 0 Å². The topological polar surface area (TPSA) is 34.1 Å². The van der Waals surface area contributed by atoms with E-state index in [0.717, 1.165) is 4.24 Å². The lowest BCUT2D eigenvalue weighted by atomic mass is 9.94. The molecule has 0 amide bonds. The summed E-state index contributed by atoms with van der Waals surface area (Å²) in [6.45, 7) is 7.31. The summed E-state index contributed by atoms with van der Waals surface area (Å²) in [4.78, 5) is 23.6. The Morgan fingerprint density at radius 1 is 1.06 bits per heavy atom. The van der Waals surface area contributed by atoms with Crippen LogP contribution in [0.25, 0.3) is 0 Å². The lowest BCUT2D eigenvalue weighted by molar-refractivity contribution is -0.123. The molecule has 0 saturated heterocycles. The second-order valence-corrected chi connectivity index (χ2v) is 5.88. The van der Waals surface area contributed by atoms with Gasteiger partial charge in [0.05, 0.1) is 9.81 Å². The highest BCUT2D eigenvalue weighted by Crippen LogP contribution is 2.35. The molecule has 4 heteroatoms. The van der Waals surface area contributed by atoms with Crippen LogP contribution in [0.1, 0.15) is 19.3 Å². The summed E-state index contributed by atoms with van der Waals surface area (Å²) in [6, 6.07) is 0. The van der Waals surface area contributed by atoms with E-state index in [0.29, 0.717) is 36.3 Å². The third kappa shape index (κ3) is 4.21. The van der Waals surface area contributed by atoms with E-state index >= 15 is 0 Å². The molecule has 1 fully saturated rings. The second-order valence-electron chi connectivity index (χ2n) is 3.56. The summed E-state index contributed by atoms with van der Waals surface area (Å²) in [5, 5.41) is 0. The van der Waals surface area contributed by atoms with E-state index < -0.39 is 0 Å². The van der Waals surface area contributed by atoms with Crippen molar-refractivity contribution in [1.82, 2.24) is 0 Å². The third-order valence-electron chi connectivity index (χ3n) is 2.23. The smallest absolute Gasteiger partial charge is 0.168 e. The number of allylic oxidation sites excluding steroid dienone is 1. The molecular weight excluding hydrogens is 252 g/mol. The molecule has 0 aromatic heterocycles. The Morgan fingerprint density at radius 3 is 1.94 bits per heavy atom.